The van der Waals surface area contributed by atoms with Gasteiger partial charge in [-0.1, -0.05) is 12.1 Å². The number of thiophene rings is 1. The fourth-order valence-corrected chi connectivity index (χ4v) is 4.33. The van der Waals surface area contributed by atoms with E-state index in [0.717, 1.165) is 14.9 Å². The Labute approximate surface area is 126 Å². The van der Waals surface area contributed by atoms with Crippen LogP contribution in [0, 0.1) is 5.82 Å². The van der Waals surface area contributed by atoms with Gasteiger partial charge in [-0.3, -0.25) is 0 Å². The molecular formula is C14H16BrFOSSi. The van der Waals surface area contributed by atoms with Gasteiger partial charge in [0.15, 0.2) is 8.32 Å². The van der Waals surface area contributed by atoms with Crippen LogP contribution in [0.25, 0.3) is 0 Å². The SMILES string of the molecule is C[Si](C)(C)OC(c1cccc(F)c1)c1cc(Br)cs1. The Morgan fingerprint density at radius 1 is 1.26 bits per heavy atom. The molecule has 0 aliphatic carbocycles. The molecule has 1 aromatic heterocycles. The third-order valence-electron chi connectivity index (χ3n) is 2.47. The second kappa shape index (κ2) is 5.87. The normalized spacial score (nSPS) is 13.5. The third kappa shape index (κ3) is 4.24. The molecule has 0 bridgehead atoms. The molecule has 0 saturated heterocycles. The lowest BCUT2D eigenvalue weighted by atomic mass is 10.1. The van der Waals surface area contributed by atoms with Crippen LogP contribution in [0.5, 0.6) is 0 Å². The first kappa shape index (κ1) is 14.9. The van der Waals surface area contributed by atoms with Crippen LogP contribution in [0.2, 0.25) is 19.6 Å². The molecule has 102 valence electrons. The van der Waals surface area contributed by atoms with Crippen LogP contribution in [0.3, 0.4) is 0 Å². The van der Waals surface area contributed by atoms with Gasteiger partial charge < -0.3 is 4.43 Å². The summed E-state index contributed by atoms with van der Waals surface area (Å²) in [5.41, 5.74) is 0.872. The lowest BCUT2D eigenvalue weighted by Gasteiger charge is -2.26. The van der Waals surface area contributed by atoms with Gasteiger partial charge >= 0.3 is 0 Å². The standard InChI is InChI=1S/C14H16BrFOSSi/c1-19(2,3)17-14(13-8-11(15)9-18-13)10-5-4-6-12(16)7-10/h4-9,14H,1-3H3. The molecule has 1 heterocycles. The molecule has 5 heteroatoms. The summed E-state index contributed by atoms with van der Waals surface area (Å²) >= 11 is 5.09. The van der Waals surface area contributed by atoms with Crippen molar-refractivity contribution in [2.24, 2.45) is 0 Å². The van der Waals surface area contributed by atoms with E-state index in [1.54, 1.807) is 23.5 Å². The smallest absolute Gasteiger partial charge is 0.185 e. The summed E-state index contributed by atoms with van der Waals surface area (Å²) in [6, 6.07) is 8.70. The zero-order chi connectivity index (χ0) is 14.0. The van der Waals surface area contributed by atoms with Crippen molar-refractivity contribution in [1.82, 2.24) is 0 Å². The Bertz CT molecular complexity index is 565. The maximum Gasteiger partial charge on any atom is 0.185 e. The monoisotopic (exact) mass is 358 g/mol. The van der Waals surface area contributed by atoms with E-state index in [9.17, 15) is 4.39 Å². The number of benzene rings is 1. The molecule has 0 aliphatic heterocycles. The predicted octanol–water partition coefficient (Wildman–Crippen LogP) is 5.59. The molecule has 1 unspecified atom stereocenters. The first-order valence-corrected chi connectivity index (χ1v) is 11.1. The molecule has 1 aromatic carbocycles. The van der Waals surface area contributed by atoms with Crippen molar-refractivity contribution in [3.05, 3.63) is 56.4 Å². The van der Waals surface area contributed by atoms with E-state index in [-0.39, 0.29) is 11.9 Å². The minimum absolute atomic E-state index is 0.182. The van der Waals surface area contributed by atoms with Crippen LogP contribution in [0.1, 0.15) is 16.5 Å². The molecule has 1 atom stereocenters. The Hall–Kier alpha value is -0.493. The van der Waals surface area contributed by atoms with Crippen LogP contribution in [0.15, 0.2) is 40.2 Å². The van der Waals surface area contributed by atoms with Crippen LogP contribution in [0.4, 0.5) is 4.39 Å². The zero-order valence-corrected chi connectivity index (χ0v) is 14.5. The Kier molecular flexibility index (Phi) is 4.61. The number of rotatable bonds is 4. The molecule has 0 fully saturated rings. The molecule has 0 amide bonds. The van der Waals surface area contributed by atoms with Gasteiger partial charge in [0, 0.05) is 14.7 Å². The molecule has 0 saturated carbocycles. The average molecular weight is 359 g/mol. The summed E-state index contributed by atoms with van der Waals surface area (Å²) in [4.78, 5) is 1.10. The molecule has 0 radical (unpaired) electrons. The van der Waals surface area contributed by atoms with E-state index in [0.29, 0.717) is 0 Å². The van der Waals surface area contributed by atoms with Gasteiger partial charge in [-0.25, -0.2) is 4.39 Å². The van der Waals surface area contributed by atoms with Crippen molar-refractivity contribution in [2.45, 2.75) is 25.7 Å². The van der Waals surface area contributed by atoms with E-state index >= 15 is 0 Å². The van der Waals surface area contributed by atoms with Crippen LogP contribution in [-0.4, -0.2) is 8.32 Å². The second-order valence-electron chi connectivity index (χ2n) is 5.33. The van der Waals surface area contributed by atoms with Gasteiger partial charge in [0.25, 0.3) is 0 Å². The number of halogens is 2. The summed E-state index contributed by atoms with van der Waals surface area (Å²) in [7, 11) is -1.73. The summed E-state index contributed by atoms with van der Waals surface area (Å²) in [5, 5.41) is 2.02. The van der Waals surface area contributed by atoms with Gasteiger partial charge in [0.1, 0.15) is 11.9 Å². The zero-order valence-electron chi connectivity index (χ0n) is 11.1. The Balaban J connectivity index is 2.39. The Morgan fingerprint density at radius 3 is 2.53 bits per heavy atom. The van der Waals surface area contributed by atoms with Crippen molar-refractivity contribution in [3.8, 4) is 0 Å². The fourth-order valence-electron chi connectivity index (χ4n) is 1.78. The highest BCUT2D eigenvalue weighted by molar-refractivity contribution is 9.10. The summed E-state index contributed by atoms with van der Waals surface area (Å²) in [5.74, 6) is -0.225. The van der Waals surface area contributed by atoms with Crippen molar-refractivity contribution in [1.29, 1.82) is 0 Å². The molecular weight excluding hydrogens is 343 g/mol. The largest absolute Gasteiger partial charge is 0.406 e. The van der Waals surface area contributed by atoms with E-state index < -0.39 is 8.32 Å². The lowest BCUT2D eigenvalue weighted by molar-refractivity contribution is 0.243. The van der Waals surface area contributed by atoms with E-state index in [1.165, 1.54) is 6.07 Å². The Morgan fingerprint density at radius 2 is 2.00 bits per heavy atom. The average Bonchev–Trinajstić information content (AvgIpc) is 2.71. The van der Waals surface area contributed by atoms with Gasteiger partial charge in [0.05, 0.1) is 0 Å². The molecule has 2 aromatic rings. The molecule has 0 aliphatic rings. The predicted molar refractivity (Wildman–Crippen MR) is 84.7 cm³/mol. The van der Waals surface area contributed by atoms with E-state index in [4.69, 9.17) is 4.43 Å². The molecule has 1 nitrogen and oxygen atoms in total. The fraction of sp³-hybridized carbons (Fsp3) is 0.286. The third-order valence-corrected chi connectivity index (χ3v) is 5.15. The van der Waals surface area contributed by atoms with E-state index in [2.05, 4.69) is 35.6 Å². The summed E-state index contributed by atoms with van der Waals surface area (Å²) in [6.45, 7) is 6.42. The second-order valence-corrected chi connectivity index (χ2v) is 11.7. The van der Waals surface area contributed by atoms with Gasteiger partial charge in [-0.2, -0.15) is 0 Å². The van der Waals surface area contributed by atoms with Gasteiger partial charge in [-0.15, -0.1) is 11.3 Å². The quantitative estimate of drug-likeness (QED) is 0.647. The first-order valence-electron chi connectivity index (χ1n) is 6.02. The highest BCUT2D eigenvalue weighted by Crippen LogP contribution is 2.35. The van der Waals surface area contributed by atoms with E-state index in [1.807, 2.05) is 17.5 Å². The number of hydrogen-bond donors (Lipinski definition) is 0. The van der Waals surface area contributed by atoms with Gasteiger partial charge in [-0.05, 0) is 59.3 Å². The first-order chi connectivity index (χ1) is 8.85. The summed E-state index contributed by atoms with van der Waals surface area (Å²) in [6.07, 6.45) is -0.182. The minimum atomic E-state index is -1.73. The molecule has 0 N–H and O–H groups in total. The maximum absolute atomic E-state index is 13.4. The minimum Gasteiger partial charge on any atom is -0.406 e. The lowest BCUT2D eigenvalue weighted by Crippen LogP contribution is -2.28. The van der Waals surface area contributed by atoms with Crippen molar-refractivity contribution >= 4 is 35.6 Å². The van der Waals surface area contributed by atoms with Crippen molar-refractivity contribution < 1.29 is 8.82 Å². The van der Waals surface area contributed by atoms with Crippen LogP contribution >= 0.6 is 27.3 Å². The highest BCUT2D eigenvalue weighted by atomic mass is 79.9. The maximum atomic E-state index is 13.4. The number of hydrogen-bond acceptors (Lipinski definition) is 2. The molecule has 0 spiro atoms. The van der Waals surface area contributed by atoms with Crippen LogP contribution in [-0.2, 0) is 4.43 Å². The van der Waals surface area contributed by atoms with Crippen LogP contribution < -0.4 is 0 Å². The molecule has 19 heavy (non-hydrogen) atoms. The highest BCUT2D eigenvalue weighted by Gasteiger charge is 2.25. The van der Waals surface area contributed by atoms with Gasteiger partial charge in [0.2, 0.25) is 0 Å². The topological polar surface area (TPSA) is 9.23 Å². The van der Waals surface area contributed by atoms with Crippen molar-refractivity contribution in [3.63, 3.8) is 0 Å². The van der Waals surface area contributed by atoms with Crippen molar-refractivity contribution in [2.75, 3.05) is 0 Å². The molecule has 2 rings (SSSR count). The summed E-state index contributed by atoms with van der Waals surface area (Å²) < 4.78 is 20.7.